The first-order valence-corrected chi connectivity index (χ1v) is 12.3. The highest BCUT2D eigenvalue weighted by atomic mass is 35.5. The Morgan fingerprint density at radius 3 is 2.67 bits per heavy atom. The number of nitrogens with one attached hydrogen (secondary N) is 1. The van der Waals surface area contributed by atoms with Gasteiger partial charge in [-0.15, -0.1) is 21.5 Å². The molecule has 0 aliphatic heterocycles. The van der Waals surface area contributed by atoms with Crippen molar-refractivity contribution in [2.75, 3.05) is 5.84 Å². The van der Waals surface area contributed by atoms with Crippen LogP contribution in [0.25, 0.3) is 32.7 Å². The highest BCUT2D eigenvalue weighted by Crippen LogP contribution is 2.36. The average Bonchev–Trinajstić information content (AvgIpc) is 3.32. The van der Waals surface area contributed by atoms with E-state index >= 15 is 0 Å². The van der Waals surface area contributed by atoms with Gasteiger partial charge in [-0.25, -0.2) is 9.66 Å². The number of nitrogen functional groups attached to an aromatic ring is 1. The molecule has 0 fully saturated rings. The van der Waals surface area contributed by atoms with Crippen LogP contribution in [0.5, 0.6) is 0 Å². The van der Waals surface area contributed by atoms with Gasteiger partial charge in [-0.2, -0.15) is 0 Å². The van der Waals surface area contributed by atoms with Crippen molar-refractivity contribution in [3.8, 4) is 22.5 Å². The first-order valence-electron chi connectivity index (χ1n) is 10.1. The summed E-state index contributed by atoms with van der Waals surface area (Å²) in [5.41, 5.74) is 3.76. The van der Waals surface area contributed by atoms with Crippen molar-refractivity contribution in [2.45, 2.75) is 24.8 Å². The number of benzene rings is 2. The topological polar surface area (TPSA) is 102 Å². The van der Waals surface area contributed by atoms with Crippen LogP contribution in [-0.2, 0) is 5.75 Å². The number of rotatable bonds is 5. The Morgan fingerprint density at radius 2 is 1.91 bits per heavy atom. The summed E-state index contributed by atoms with van der Waals surface area (Å²) in [7, 11) is 0. The minimum atomic E-state index is -0.149. The Bertz CT molecular complexity index is 1540. The third-order valence-electron chi connectivity index (χ3n) is 5.21. The van der Waals surface area contributed by atoms with E-state index in [1.165, 1.54) is 33.3 Å². The third-order valence-corrected chi connectivity index (χ3v) is 7.40. The normalized spacial score (nSPS) is 11.4. The zero-order valence-corrected chi connectivity index (χ0v) is 20.2. The fraction of sp³-hybridized carbons (Fsp3) is 0.130. The summed E-state index contributed by atoms with van der Waals surface area (Å²) in [5, 5.41) is 10.1. The van der Waals surface area contributed by atoms with Gasteiger partial charge < -0.3 is 10.8 Å². The fourth-order valence-electron chi connectivity index (χ4n) is 3.63. The minimum absolute atomic E-state index is 0.149. The molecule has 10 heteroatoms. The standard InChI is InChI=1S/C23H19ClN6OS2/c1-12-6-8-14(9-7-12)18-13(2)33-22-19(18)21(31)26-17(27-22)11-32-23-29-28-20(30(23)25)15-4-3-5-16(24)10-15/h3-10H,11,25H2,1-2H3,(H,26,27,31). The highest BCUT2D eigenvalue weighted by molar-refractivity contribution is 7.98. The number of thioether (sulfide) groups is 1. The number of thiophene rings is 1. The number of nitrogens with zero attached hydrogens (tertiary/aromatic N) is 4. The fourth-order valence-corrected chi connectivity index (χ4v) is 5.61. The van der Waals surface area contributed by atoms with E-state index in [0.29, 0.717) is 33.0 Å². The molecular formula is C23H19ClN6OS2. The molecule has 166 valence electrons. The molecule has 5 rings (SSSR count). The lowest BCUT2D eigenvalue weighted by atomic mass is 10.0. The molecule has 0 saturated carbocycles. The second-order valence-electron chi connectivity index (χ2n) is 7.57. The molecule has 3 heterocycles. The van der Waals surface area contributed by atoms with E-state index in [-0.39, 0.29) is 5.56 Å². The highest BCUT2D eigenvalue weighted by Gasteiger charge is 2.18. The molecule has 0 atom stereocenters. The van der Waals surface area contributed by atoms with Gasteiger partial charge in [0.05, 0.1) is 11.1 Å². The van der Waals surface area contributed by atoms with Crippen molar-refractivity contribution in [2.24, 2.45) is 0 Å². The van der Waals surface area contributed by atoms with Crippen LogP contribution in [0.3, 0.4) is 0 Å². The lowest BCUT2D eigenvalue weighted by Crippen LogP contribution is -2.13. The van der Waals surface area contributed by atoms with Crippen LogP contribution in [0.4, 0.5) is 0 Å². The Morgan fingerprint density at radius 1 is 1.12 bits per heavy atom. The molecule has 0 amide bonds. The average molecular weight is 495 g/mol. The van der Waals surface area contributed by atoms with Crippen LogP contribution in [0.1, 0.15) is 16.3 Å². The summed E-state index contributed by atoms with van der Waals surface area (Å²) in [6.45, 7) is 4.06. The number of aryl methyl sites for hydroxylation is 2. The molecule has 0 spiro atoms. The second kappa shape index (κ2) is 8.66. The van der Waals surface area contributed by atoms with Gasteiger partial charge in [-0.1, -0.05) is 65.3 Å². The predicted molar refractivity (Wildman–Crippen MR) is 135 cm³/mol. The molecule has 0 aliphatic rings. The monoisotopic (exact) mass is 494 g/mol. The van der Waals surface area contributed by atoms with Gasteiger partial charge in [0.15, 0.2) is 5.82 Å². The maximum Gasteiger partial charge on any atom is 0.260 e. The Hall–Kier alpha value is -3.14. The molecule has 2 aromatic carbocycles. The van der Waals surface area contributed by atoms with Crippen molar-refractivity contribution < 1.29 is 0 Å². The lowest BCUT2D eigenvalue weighted by Gasteiger charge is -2.05. The second-order valence-corrected chi connectivity index (χ2v) is 10.1. The van der Waals surface area contributed by atoms with Crippen LogP contribution in [-0.4, -0.2) is 24.8 Å². The van der Waals surface area contributed by atoms with Crippen LogP contribution in [0, 0.1) is 13.8 Å². The number of hydrogen-bond donors (Lipinski definition) is 2. The largest absolute Gasteiger partial charge is 0.335 e. The van der Waals surface area contributed by atoms with E-state index < -0.39 is 0 Å². The zero-order valence-electron chi connectivity index (χ0n) is 17.8. The van der Waals surface area contributed by atoms with Gasteiger partial charge in [0.2, 0.25) is 5.16 Å². The maximum absolute atomic E-state index is 13.0. The molecule has 7 nitrogen and oxygen atoms in total. The molecule has 3 N–H and O–H groups in total. The Kier molecular flexibility index (Phi) is 5.69. The molecule has 33 heavy (non-hydrogen) atoms. The smallest absolute Gasteiger partial charge is 0.260 e. The number of aromatic nitrogens is 5. The summed E-state index contributed by atoms with van der Waals surface area (Å²) in [6, 6.07) is 15.4. The third kappa shape index (κ3) is 4.15. The van der Waals surface area contributed by atoms with Gasteiger partial charge in [0, 0.05) is 21.0 Å². The van der Waals surface area contributed by atoms with Crippen molar-refractivity contribution in [3.63, 3.8) is 0 Å². The number of fused-ring (bicyclic) bond motifs is 1. The van der Waals surface area contributed by atoms with E-state index in [1.807, 2.05) is 50.2 Å². The van der Waals surface area contributed by atoms with Crippen molar-refractivity contribution in [1.29, 1.82) is 0 Å². The van der Waals surface area contributed by atoms with Gasteiger partial charge >= 0.3 is 0 Å². The minimum Gasteiger partial charge on any atom is -0.335 e. The van der Waals surface area contributed by atoms with Crippen LogP contribution >= 0.6 is 34.7 Å². The Balaban J connectivity index is 1.43. The molecule has 5 aromatic rings. The first kappa shape index (κ1) is 21.7. The van der Waals surface area contributed by atoms with E-state index in [9.17, 15) is 4.79 Å². The summed E-state index contributed by atoms with van der Waals surface area (Å²) < 4.78 is 1.41. The zero-order chi connectivity index (χ0) is 23.1. The maximum atomic E-state index is 13.0. The van der Waals surface area contributed by atoms with E-state index in [1.54, 1.807) is 12.1 Å². The molecule has 0 bridgehead atoms. The van der Waals surface area contributed by atoms with Gasteiger partial charge in [0.25, 0.3) is 5.56 Å². The van der Waals surface area contributed by atoms with Gasteiger partial charge in [-0.3, -0.25) is 4.79 Å². The van der Waals surface area contributed by atoms with Gasteiger partial charge in [0.1, 0.15) is 10.7 Å². The molecule has 3 aromatic heterocycles. The van der Waals surface area contributed by atoms with E-state index in [2.05, 4.69) is 15.2 Å². The number of hydrogen-bond acceptors (Lipinski definition) is 7. The predicted octanol–water partition coefficient (Wildman–Crippen LogP) is 5.19. The summed E-state index contributed by atoms with van der Waals surface area (Å²) in [6.07, 6.45) is 0. The lowest BCUT2D eigenvalue weighted by molar-refractivity contribution is 0.848. The van der Waals surface area contributed by atoms with Crippen LogP contribution < -0.4 is 11.4 Å². The summed E-state index contributed by atoms with van der Waals surface area (Å²) in [5.74, 6) is 7.67. The van der Waals surface area contributed by atoms with Crippen molar-refractivity contribution in [3.05, 3.63) is 80.2 Å². The van der Waals surface area contributed by atoms with Crippen LogP contribution in [0.15, 0.2) is 58.5 Å². The van der Waals surface area contributed by atoms with E-state index in [4.69, 9.17) is 22.4 Å². The molecule has 0 aliphatic carbocycles. The van der Waals surface area contributed by atoms with Crippen molar-refractivity contribution in [1.82, 2.24) is 24.8 Å². The molecule has 0 unspecified atom stereocenters. The van der Waals surface area contributed by atoms with Crippen molar-refractivity contribution >= 4 is 44.9 Å². The quantitative estimate of drug-likeness (QED) is 0.257. The molecular weight excluding hydrogens is 476 g/mol. The number of H-pyrrole nitrogens is 1. The molecule has 0 saturated heterocycles. The van der Waals surface area contributed by atoms with Crippen LogP contribution in [0.2, 0.25) is 5.02 Å². The SMILES string of the molecule is Cc1ccc(-c2c(C)sc3nc(CSc4nnc(-c5cccc(Cl)c5)n4N)[nH]c(=O)c23)cc1. The summed E-state index contributed by atoms with van der Waals surface area (Å²) in [4.78, 5) is 22.4. The molecule has 0 radical (unpaired) electrons. The summed E-state index contributed by atoms with van der Waals surface area (Å²) >= 11 is 8.94. The number of aromatic amines is 1. The van der Waals surface area contributed by atoms with E-state index in [0.717, 1.165) is 26.4 Å². The number of nitrogens with two attached hydrogens (primary N) is 1. The Labute approximate surface area is 202 Å². The first-order chi connectivity index (χ1) is 15.9. The number of halogens is 1. The van der Waals surface area contributed by atoms with Gasteiger partial charge in [-0.05, 0) is 31.5 Å².